The van der Waals surface area contributed by atoms with E-state index in [0.29, 0.717) is 6.61 Å². The van der Waals surface area contributed by atoms with Crippen molar-refractivity contribution in [2.75, 3.05) is 13.7 Å². The van der Waals surface area contributed by atoms with E-state index in [1.807, 2.05) is 32.9 Å². The number of carbonyl (C=O) groups is 1. The van der Waals surface area contributed by atoms with Gasteiger partial charge in [-0.15, -0.1) is 0 Å². The number of rotatable bonds is 5. The molecule has 0 amide bonds. The molecule has 3 heteroatoms. The number of hydrogen-bond donors (Lipinski definition) is 1. The molecule has 1 rings (SSSR count). The molecule has 0 radical (unpaired) electrons. The molecule has 1 N–H and O–H groups in total. The summed E-state index contributed by atoms with van der Waals surface area (Å²) < 4.78 is 5.15. The Kier molecular flexibility index (Phi) is 4.97. The normalized spacial score (nSPS) is 27.2. The maximum Gasteiger partial charge on any atom is 0.314 e. The van der Waals surface area contributed by atoms with Gasteiger partial charge < -0.3 is 9.84 Å². The molecule has 19 heavy (non-hydrogen) atoms. The standard InChI is InChI=1S/C16H26O3/c1-6-12-7-9-16(14(17)18,15(2,3)4)13(11-12)8-10-19-5/h7,9,11,13H,6,8,10H2,1-5H3,(H,17,18). The van der Waals surface area contributed by atoms with Gasteiger partial charge in [0.2, 0.25) is 0 Å². The summed E-state index contributed by atoms with van der Waals surface area (Å²) in [6, 6.07) is 0. The van der Waals surface area contributed by atoms with E-state index in [1.165, 1.54) is 5.57 Å². The van der Waals surface area contributed by atoms with Crippen LogP contribution in [0.2, 0.25) is 0 Å². The molecule has 0 aliphatic heterocycles. The minimum atomic E-state index is -0.857. The van der Waals surface area contributed by atoms with E-state index in [9.17, 15) is 9.90 Å². The highest BCUT2D eigenvalue weighted by Gasteiger charge is 2.52. The quantitative estimate of drug-likeness (QED) is 0.826. The third kappa shape index (κ3) is 2.92. The first-order valence-corrected chi connectivity index (χ1v) is 6.91. The largest absolute Gasteiger partial charge is 0.481 e. The molecule has 108 valence electrons. The van der Waals surface area contributed by atoms with Crippen LogP contribution in [0.3, 0.4) is 0 Å². The lowest BCUT2D eigenvalue weighted by Gasteiger charge is -2.45. The third-order valence-corrected chi connectivity index (χ3v) is 4.20. The van der Waals surface area contributed by atoms with Crippen LogP contribution >= 0.6 is 0 Å². The van der Waals surface area contributed by atoms with Crippen molar-refractivity contribution in [2.24, 2.45) is 16.7 Å². The number of aliphatic carboxylic acids is 1. The van der Waals surface area contributed by atoms with E-state index >= 15 is 0 Å². The topological polar surface area (TPSA) is 46.5 Å². The number of carboxylic acid groups (broad SMARTS) is 1. The predicted molar refractivity (Wildman–Crippen MR) is 77.0 cm³/mol. The maximum atomic E-state index is 12.0. The zero-order chi connectivity index (χ0) is 14.7. The van der Waals surface area contributed by atoms with Crippen molar-refractivity contribution in [3.63, 3.8) is 0 Å². The van der Waals surface area contributed by atoms with Crippen LogP contribution in [0, 0.1) is 16.7 Å². The first-order chi connectivity index (χ1) is 8.79. The van der Waals surface area contributed by atoms with Crippen molar-refractivity contribution in [1.29, 1.82) is 0 Å². The van der Waals surface area contributed by atoms with Gasteiger partial charge in [0.25, 0.3) is 0 Å². The molecule has 2 atom stereocenters. The molecular formula is C16H26O3. The summed E-state index contributed by atoms with van der Waals surface area (Å²) >= 11 is 0. The maximum absolute atomic E-state index is 12.0. The highest BCUT2D eigenvalue weighted by Crippen LogP contribution is 2.50. The second-order valence-corrected chi connectivity index (χ2v) is 6.24. The molecule has 2 unspecified atom stereocenters. The molecule has 0 fully saturated rings. The minimum absolute atomic E-state index is 0.0232. The average molecular weight is 266 g/mol. The average Bonchev–Trinajstić information content (AvgIpc) is 2.33. The Morgan fingerprint density at radius 3 is 2.53 bits per heavy atom. The molecule has 1 aliphatic rings. The van der Waals surface area contributed by atoms with E-state index in [4.69, 9.17) is 4.74 Å². The highest BCUT2D eigenvalue weighted by molar-refractivity contribution is 5.80. The first-order valence-electron chi connectivity index (χ1n) is 6.91. The lowest BCUT2D eigenvalue weighted by Crippen LogP contribution is -2.48. The first kappa shape index (κ1) is 16.0. The molecule has 0 bridgehead atoms. The number of ether oxygens (including phenoxy) is 1. The molecule has 0 spiro atoms. The van der Waals surface area contributed by atoms with Crippen LogP contribution in [0.15, 0.2) is 23.8 Å². The summed E-state index contributed by atoms with van der Waals surface area (Å²) in [5.74, 6) is -0.770. The summed E-state index contributed by atoms with van der Waals surface area (Å²) in [5.41, 5.74) is 0.00971. The van der Waals surface area contributed by atoms with E-state index in [-0.39, 0.29) is 11.3 Å². The third-order valence-electron chi connectivity index (χ3n) is 4.20. The van der Waals surface area contributed by atoms with Crippen LogP contribution in [0.4, 0.5) is 0 Å². The Morgan fingerprint density at radius 2 is 2.11 bits per heavy atom. The number of hydrogen-bond acceptors (Lipinski definition) is 2. The SMILES string of the molecule is CCC1=CC(CCOC)C(C(=O)O)(C(C)(C)C)C=C1. The van der Waals surface area contributed by atoms with Crippen molar-refractivity contribution in [2.45, 2.75) is 40.5 Å². The summed E-state index contributed by atoms with van der Waals surface area (Å²) in [5, 5.41) is 9.83. The molecule has 0 saturated heterocycles. The number of methoxy groups -OCH3 is 1. The molecule has 0 heterocycles. The lowest BCUT2D eigenvalue weighted by atomic mass is 9.57. The monoisotopic (exact) mass is 266 g/mol. The van der Waals surface area contributed by atoms with Gasteiger partial charge in [0.05, 0.1) is 5.41 Å². The predicted octanol–water partition coefficient (Wildman–Crippen LogP) is 3.66. The van der Waals surface area contributed by atoms with Crippen LogP contribution in [-0.4, -0.2) is 24.8 Å². The van der Waals surface area contributed by atoms with Gasteiger partial charge in [-0.05, 0) is 24.2 Å². The minimum Gasteiger partial charge on any atom is -0.481 e. The second-order valence-electron chi connectivity index (χ2n) is 6.24. The zero-order valence-electron chi connectivity index (χ0n) is 12.7. The molecule has 3 nitrogen and oxygen atoms in total. The lowest BCUT2D eigenvalue weighted by molar-refractivity contribution is -0.155. The van der Waals surface area contributed by atoms with Gasteiger partial charge >= 0.3 is 5.97 Å². The van der Waals surface area contributed by atoms with E-state index in [0.717, 1.165) is 12.8 Å². The van der Waals surface area contributed by atoms with Crippen molar-refractivity contribution in [1.82, 2.24) is 0 Å². The molecule has 0 aromatic heterocycles. The second kappa shape index (κ2) is 5.91. The fourth-order valence-corrected chi connectivity index (χ4v) is 2.96. The molecular weight excluding hydrogens is 240 g/mol. The van der Waals surface area contributed by atoms with Crippen LogP contribution in [-0.2, 0) is 9.53 Å². The van der Waals surface area contributed by atoms with Gasteiger partial charge in [0, 0.05) is 13.7 Å². The number of allylic oxidation sites excluding steroid dienone is 3. The van der Waals surface area contributed by atoms with Crippen LogP contribution in [0.5, 0.6) is 0 Å². The summed E-state index contributed by atoms with van der Waals surface area (Å²) in [7, 11) is 1.66. The van der Waals surface area contributed by atoms with Gasteiger partial charge in [-0.25, -0.2) is 0 Å². The Morgan fingerprint density at radius 1 is 1.47 bits per heavy atom. The molecule has 0 aromatic carbocycles. The highest BCUT2D eigenvalue weighted by atomic mass is 16.5. The van der Waals surface area contributed by atoms with Crippen LogP contribution in [0.25, 0.3) is 0 Å². The van der Waals surface area contributed by atoms with Crippen molar-refractivity contribution in [3.05, 3.63) is 23.8 Å². The number of carboxylic acids is 1. The summed E-state index contributed by atoms with van der Waals surface area (Å²) in [6.07, 6.45) is 7.66. The fraction of sp³-hybridized carbons (Fsp3) is 0.688. The van der Waals surface area contributed by atoms with Gasteiger partial charge in [-0.3, -0.25) is 4.79 Å². The Hall–Kier alpha value is -1.09. The summed E-state index contributed by atoms with van der Waals surface area (Å²) in [4.78, 5) is 12.0. The van der Waals surface area contributed by atoms with E-state index in [1.54, 1.807) is 7.11 Å². The van der Waals surface area contributed by atoms with Gasteiger partial charge in [-0.1, -0.05) is 51.5 Å². The smallest absolute Gasteiger partial charge is 0.314 e. The van der Waals surface area contributed by atoms with Gasteiger partial charge in [-0.2, -0.15) is 0 Å². The van der Waals surface area contributed by atoms with Crippen LogP contribution in [0.1, 0.15) is 40.5 Å². The van der Waals surface area contributed by atoms with E-state index < -0.39 is 11.4 Å². The molecule has 0 saturated carbocycles. The Balaban J connectivity index is 3.24. The van der Waals surface area contributed by atoms with E-state index in [2.05, 4.69) is 13.0 Å². The zero-order valence-corrected chi connectivity index (χ0v) is 12.7. The van der Waals surface area contributed by atoms with Crippen LogP contribution < -0.4 is 0 Å². The van der Waals surface area contributed by atoms with Gasteiger partial charge in [0.1, 0.15) is 0 Å². The van der Waals surface area contributed by atoms with Crippen molar-refractivity contribution in [3.8, 4) is 0 Å². The molecule has 1 aliphatic carbocycles. The Bertz CT molecular complexity index is 387. The van der Waals surface area contributed by atoms with Gasteiger partial charge in [0.15, 0.2) is 0 Å². The Labute approximate surface area is 116 Å². The molecule has 0 aromatic rings. The van der Waals surface area contributed by atoms with Crippen molar-refractivity contribution >= 4 is 5.97 Å². The fourth-order valence-electron chi connectivity index (χ4n) is 2.96. The van der Waals surface area contributed by atoms with Crippen molar-refractivity contribution < 1.29 is 14.6 Å². The summed E-state index contributed by atoms with van der Waals surface area (Å²) in [6.45, 7) is 8.66.